The molecule has 1 aromatic carbocycles. The molecule has 1 unspecified atom stereocenters. The topological polar surface area (TPSA) is 70.0 Å². The van der Waals surface area contributed by atoms with Crippen molar-refractivity contribution in [2.75, 3.05) is 6.61 Å². The average molecular weight is 336 g/mol. The first-order valence-corrected chi connectivity index (χ1v) is 9.75. The third-order valence-electron chi connectivity index (χ3n) is 4.84. The van der Waals surface area contributed by atoms with Gasteiger partial charge in [0.25, 0.3) is 10.0 Å². The normalized spacial score (nSPS) is 23.1. The molecule has 1 saturated carbocycles. The Bertz CT molecular complexity index is 676. The molecule has 2 aliphatic rings. The van der Waals surface area contributed by atoms with Gasteiger partial charge >= 0.3 is 0 Å². The molecule has 0 radical (unpaired) electrons. The van der Waals surface area contributed by atoms with E-state index in [1.165, 1.54) is 19.3 Å². The number of aliphatic hydroxyl groups excluding tert-OH is 1. The van der Waals surface area contributed by atoms with E-state index in [1.807, 2.05) is 6.92 Å². The van der Waals surface area contributed by atoms with Gasteiger partial charge < -0.3 is 5.11 Å². The second-order valence-electron chi connectivity index (χ2n) is 6.56. The van der Waals surface area contributed by atoms with Crippen molar-refractivity contribution in [2.45, 2.75) is 56.4 Å². The van der Waals surface area contributed by atoms with Crippen LogP contribution in [0.2, 0.25) is 0 Å². The average Bonchev–Trinajstić information content (AvgIpc) is 3.01. The highest BCUT2D eigenvalue weighted by Gasteiger charge is 2.38. The maximum Gasteiger partial charge on any atom is 0.279 e. The van der Waals surface area contributed by atoms with E-state index in [2.05, 4.69) is 5.10 Å². The molecule has 5 nitrogen and oxygen atoms in total. The van der Waals surface area contributed by atoms with Gasteiger partial charge in [-0.25, -0.2) is 0 Å². The summed E-state index contributed by atoms with van der Waals surface area (Å²) in [6.45, 7) is 1.72. The standard InChI is InChI=1S/C17H24N2O3S/c1-13-7-9-16(10-8-13)23(21,22)19-15(12-20)11-17(18-19)14-5-3-2-4-6-14/h7-10,14-15,20H,2-6,11-12H2,1H3. The highest BCUT2D eigenvalue weighted by Crippen LogP contribution is 2.32. The molecular formula is C17H24N2O3S. The minimum absolute atomic E-state index is 0.204. The van der Waals surface area contributed by atoms with Crippen LogP contribution in [0.4, 0.5) is 0 Å². The maximum atomic E-state index is 12.9. The lowest BCUT2D eigenvalue weighted by Gasteiger charge is -2.21. The molecule has 1 aliphatic carbocycles. The van der Waals surface area contributed by atoms with E-state index in [0.29, 0.717) is 12.3 Å². The zero-order valence-electron chi connectivity index (χ0n) is 13.5. The molecular weight excluding hydrogens is 312 g/mol. The van der Waals surface area contributed by atoms with Gasteiger partial charge in [-0.05, 0) is 37.8 Å². The summed E-state index contributed by atoms with van der Waals surface area (Å²) in [5.74, 6) is 0.371. The van der Waals surface area contributed by atoms with Crippen LogP contribution in [0.25, 0.3) is 0 Å². The van der Waals surface area contributed by atoms with E-state index in [0.717, 1.165) is 28.5 Å². The number of aryl methyl sites for hydroxylation is 1. The van der Waals surface area contributed by atoms with Crippen LogP contribution >= 0.6 is 0 Å². The molecule has 0 amide bonds. The zero-order valence-corrected chi connectivity index (χ0v) is 14.3. The molecule has 3 rings (SSSR count). The summed E-state index contributed by atoms with van der Waals surface area (Å²) < 4.78 is 26.8. The van der Waals surface area contributed by atoms with Crippen molar-refractivity contribution in [3.05, 3.63) is 29.8 Å². The van der Waals surface area contributed by atoms with Gasteiger partial charge in [0.15, 0.2) is 0 Å². The molecule has 23 heavy (non-hydrogen) atoms. The molecule has 0 spiro atoms. The van der Waals surface area contributed by atoms with Crippen molar-refractivity contribution in [1.29, 1.82) is 0 Å². The van der Waals surface area contributed by atoms with Crippen LogP contribution in [-0.4, -0.2) is 36.3 Å². The third kappa shape index (κ3) is 3.28. The lowest BCUT2D eigenvalue weighted by molar-refractivity contribution is 0.205. The Morgan fingerprint density at radius 2 is 1.83 bits per heavy atom. The number of aliphatic hydroxyl groups is 1. The van der Waals surface area contributed by atoms with Crippen molar-refractivity contribution in [3.8, 4) is 0 Å². The first-order chi connectivity index (χ1) is 11.0. The van der Waals surface area contributed by atoms with Gasteiger partial charge in [0.2, 0.25) is 0 Å². The van der Waals surface area contributed by atoms with Crippen molar-refractivity contribution >= 4 is 15.7 Å². The Morgan fingerprint density at radius 1 is 1.17 bits per heavy atom. The molecule has 1 fully saturated rings. The Labute approximate surface area is 138 Å². The van der Waals surface area contributed by atoms with Crippen molar-refractivity contribution in [2.24, 2.45) is 11.0 Å². The summed E-state index contributed by atoms with van der Waals surface area (Å²) in [6, 6.07) is 6.30. The molecule has 126 valence electrons. The maximum absolute atomic E-state index is 12.9. The second kappa shape index (κ2) is 6.61. The van der Waals surface area contributed by atoms with Crippen LogP contribution in [0.15, 0.2) is 34.3 Å². The molecule has 6 heteroatoms. The van der Waals surface area contributed by atoms with Crippen LogP contribution in [0.3, 0.4) is 0 Å². The quantitative estimate of drug-likeness (QED) is 0.919. The highest BCUT2D eigenvalue weighted by atomic mass is 32.2. The largest absolute Gasteiger partial charge is 0.394 e. The van der Waals surface area contributed by atoms with Gasteiger partial charge in [-0.15, -0.1) is 0 Å². The van der Waals surface area contributed by atoms with Crippen LogP contribution in [-0.2, 0) is 10.0 Å². The summed E-state index contributed by atoms with van der Waals surface area (Å²) in [7, 11) is -3.70. The number of nitrogens with zero attached hydrogens (tertiary/aromatic N) is 2. The van der Waals surface area contributed by atoms with Gasteiger partial charge in [-0.2, -0.15) is 17.9 Å². The van der Waals surface area contributed by atoms with Crippen LogP contribution in [0.5, 0.6) is 0 Å². The van der Waals surface area contributed by atoms with Gasteiger partial charge in [0.05, 0.1) is 17.5 Å². The van der Waals surface area contributed by atoms with Gasteiger partial charge in [0.1, 0.15) is 0 Å². The number of sulfonamides is 1. The van der Waals surface area contributed by atoms with Crippen molar-refractivity contribution in [3.63, 3.8) is 0 Å². The molecule has 0 aromatic heterocycles. The molecule has 1 atom stereocenters. The van der Waals surface area contributed by atoms with Crippen molar-refractivity contribution < 1.29 is 13.5 Å². The number of hydrazone groups is 1. The Balaban J connectivity index is 1.89. The van der Waals surface area contributed by atoms with E-state index in [-0.39, 0.29) is 11.5 Å². The van der Waals surface area contributed by atoms with Crippen LogP contribution < -0.4 is 0 Å². The summed E-state index contributed by atoms with van der Waals surface area (Å²) in [6.07, 6.45) is 6.31. The predicted octanol–water partition coefficient (Wildman–Crippen LogP) is 2.69. The van der Waals surface area contributed by atoms with E-state index in [1.54, 1.807) is 24.3 Å². The molecule has 1 aliphatic heterocycles. The van der Waals surface area contributed by atoms with E-state index >= 15 is 0 Å². The minimum atomic E-state index is -3.70. The monoisotopic (exact) mass is 336 g/mol. The number of rotatable bonds is 4. The minimum Gasteiger partial charge on any atom is -0.394 e. The Morgan fingerprint density at radius 3 is 2.43 bits per heavy atom. The SMILES string of the molecule is Cc1ccc(S(=O)(=O)N2N=C(C3CCCCC3)CC2CO)cc1. The molecule has 0 saturated heterocycles. The second-order valence-corrected chi connectivity index (χ2v) is 8.35. The smallest absolute Gasteiger partial charge is 0.279 e. The summed E-state index contributed by atoms with van der Waals surface area (Å²) in [4.78, 5) is 0.232. The van der Waals surface area contributed by atoms with Gasteiger partial charge in [-0.1, -0.05) is 37.0 Å². The number of hydrogen-bond donors (Lipinski definition) is 1. The molecule has 1 aromatic rings. The number of benzene rings is 1. The van der Waals surface area contributed by atoms with Crippen molar-refractivity contribution in [1.82, 2.24) is 4.41 Å². The van der Waals surface area contributed by atoms with E-state index in [9.17, 15) is 13.5 Å². The molecule has 1 N–H and O–H groups in total. The third-order valence-corrected chi connectivity index (χ3v) is 6.58. The molecule has 1 heterocycles. The number of hydrogen-bond acceptors (Lipinski definition) is 4. The van der Waals surface area contributed by atoms with Crippen LogP contribution in [0, 0.1) is 12.8 Å². The van der Waals surface area contributed by atoms with Crippen LogP contribution in [0.1, 0.15) is 44.1 Å². The fourth-order valence-electron chi connectivity index (χ4n) is 3.46. The lowest BCUT2D eigenvalue weighted by Crippen LogP contribution is -2.35. The fourth-order valence-corrected chi connectivity index (χ4v) is 4.90. The first-order valence-electron chi connectivity index (χ1n) is 8.31. The predicted molar refractivity (Wildman–Crippen MR) is 89.7 cm³/mol. The van der Waals surface area contributed by atoms with Gasteiger partial charge in [-0.3, -0.25) is 0 Å². The highest BCUT2D eigenvalue weighted by molar-refractivity contribution is 7.89. The summed E-state index contributed by atoms with van der Waals surface area (Å²) in [5.41, 5.74) is 1.95. The fraction of sp³-hybridized carbons (Fsp3) is 0.588. The zero-order chi connectivity index (χ0) is 16.4. The Hall–Kier alpha value is -1.40. The van der Waals surface area contributed by atoms with E-state index < -0.39 is 16.1 Å². The lowest BCUT2D eigenvalue weighted by atomic mass is 9.84. The molecule has 0 bridgehead atoms. The van der Waals surface area contributed by atoms with Gasteiger partial charge in [0, 0.05) is 12.1 Å². The Kier molecular flexibility index (Phi) is 4.73. The summed E-state index contributed by atoms with van der Waals surface area (Å²) >= 11 is 0. The summed E-state index contributed by atoms with van der Waals surface area (Å²) in [5, 5.41) is 14.1. The first kappa shape index (κ1) is 16.5. The van der Waals surface area contributed by atoms with E-state index in [4.69, 9.17) is 0 Å².